The van der Waals surface area contributed by atoms with E-state index in [2.05, 4.69) is 5.32 Å². The summed E-state index contributed by atoms with van der Waals surface area (Å²) in [6, 6.07) is 1.49. The summed E-state index contributed by atoms with van der Waals surface area (Å²) in [5.41, 5.74) is 1.75. The van der Waals surface area contributed by atoms with Crippen molar-refractivity contribution in [2.45, 2.75) is 25.7 Å². The normalized spacial score (nSPS) is 17.9. The highest BCUT2D eigenvalue weighted by atomic mass is 19.1. The van der Waals surface area contributed by atoms with Gasteiger partial charge in [-0.2, -0.15) is 0 Å². The molecule has 1 saturated heterocycles. The molecule has 1 aliphatic heterocycles. The van der Waals surface area contributed by atoms with Gasteiger partial charge in [-0.15, -0.1) is 0 Å². The van der Waals surface area contributed by atoms with Gasteiger partial charge in [0.1, 0.15) is 5.56 Å². The SMILES string of the molecule is Cc1c(N2CCNCC2)c(F)cn2c(=O)c(C(=O)O)cc(C3CC3)c12. The molecule has 0 amide bonds. The van der Waals surface area contributed by atoms with Crippen LogP contribution >= 0.6 is 0 Å². The third-order valence-electron chi connectivity index (χ3n) is 5.12. The Morgan fingerprint density at radius 1 is 1.32 bits per heavy atom. The molecule has 6 nitrogen and oxygen atoms in total. The highest BCUT2D eigenvalue weighted by Crippen LogP contribution is 2.43. The fraction of sp³-hybridized carbons (Fsp3) is 0.444. The number of hydrogen-bond donors (Lipinski definition) is 2. The Morgan fingerprint density at radius 3 is 2.60 bits per heavy atom. The Labute approximate surface area is 143 Å². The molecule has 25 heavy (non-hydrogen) atoms. The molecule has 0 atom stereocenters. The summed E-state index contributed by atoms with van der Waals surface area (Å²) in [4.78, 5) is 26.0. The summed E-state index contributed by atoms with van der Waals surface area (Å²) in [5.74, 6) is -1.52. The number of carbonyl (C=O) groups is 1. The predicted molar refractivity (Wildman–Crippen MR) is 92.4 cm³/mol. The molecule has 0 unspecified atom stereocenters. The molecule has 0 aromatic carbocycles. The monoisotopic (exact) mass is 345 g/mol. The molecule has 2 aromatic heterocycles. The summed E-state index contributed by atoms with van der Waals surface area (Å²) >= 11 is 0. The largest absolute Gasteiger partial charge is 0.477 e. The minimum atomic E-state index is -1.27. The van der Waals surface area contributed by atoms with Crippen LogP contribution in [0.1, 0.15) is 40.2 Å². The lowest BCUT2D eigenvalue weighted by Gasteiger charge is -2.31. The van der Waals surface area contributed by atoms with Crippen LogP contribution in [0.5, 0.6) is 0 Å². The number of aryl methyl sites for hydroxylation is 1. The third kappa shape index (κ3) is 2.59. The van der Waals surface area contributed by atoms with E-state index in [1.54, 1.807) is 0 Å². The second kappa shape index (κ2) is 5.84. The molecule has 1 aliphatic carbocycles. The minimum Gasteiger partial charge on any atom is -0.477 e. The molecule has 3 heterocycles. The van der Waals surface area contributed by atoms with Gasteiger partial charge in [0, 0.05) is 26.2 Å². The first-order valence-corrected chi connectivity index (χ1v) is 8.56. The average molecular weight is 345 g/mol. The Kier molecular flexibility index (Phi) is 3.76. The van der Waals surface area contributed by atoms with Gasteiger partial charge in [-0.1, -0.05) is 0 Å². The molecule has 0 bridgehead atoms. The number of carboxylic acids is 1. The highest BCUT2D eigenvalue weighted by Gasteiger charge is 2.30. The lowest BCUT2D eigenvalue weighted by Crippen LogP contribution is -2.44. The first-order valence-electron chi connectivity index (χ1n) is 8.56. The molecule has 7 heteroatoms. The Balaban J connectivity index is 2.02. The van der Waals surface area contributed by atoms with E-state index in [-0.39, 0.29) is 11.5 Å². The van der Waals surface area contributed by atoms with E-state index >= 15 is 0 Å². The number of fused-ring (bicyclic) bond motifs is 1. The molecule has 2 aliphatic rings. The van der Waals surface area contributed by atoms with Gasteiger partial charge in [0.25, 0.3) is 5.56 Å². The van der Waals surface area contributed by atoms with Crippen molar-refractivity contribution in [1.82, 2.24) is 9.72 Å². The van der Waals surface area contributed by atoms with E-state index in [9.17, 15) is 19.1 Å². The molecule has 2 N–H and O–H groups in total. The zero-order chi connectivity index (χ0) is 17.7. The van der Waals surface area contributed by atoms with Crippen LogP contribution in [-0.2, 0) is 0 Å². The summed E-state index contributed by atoms with van der Waals surface area (Å²) in [6.45, 7) is 4.78. The van der Waals surface area contributed by atoms with E-state index in [1.165, 1.54) is 10.5 Å². The minimum absolute atomic E-state index is 0.244. The van der Waals surface area contributed by atoms with Gasteiger partial charge in [-0.3, -0.25) is 9.20 Å². The smallest absolute Gasteiger partial charge is 0.341 e. The highest BCUT2D eigenvalue weighted by molar-refractivity contribution is 5.89. The second-order valence-corrected chi connectivity index (χ2v) is 6.80. The Morgan fingerprint density at radius 2 is 2.00 bits per heavy atom. The van der Waals surface area contributed by atoms with Crippen molar-refractivity contribution in [2.75, 3.05) is 31.1 Å². The lowest BCUT2D eigenvalue weighted by atomic mass is 10.0. The van der Waals surface area contributed by atoms with Crippen LogP contribution in [0, 0.1) is 12.7 Å². The number of carboxylic acid groups (broad SMARTS) is 1. The van der Waals surface area contributed by atoms with Gasteiger partial charge in [0.2, 0.25) is 0 Å². The number of anilines is 1. The summed E-state index contributed by atoms with van der Waals surface area (Å²) in [5, 5.41) is 12.6. The van der Waals surface area contributed by atoms with Gasteiger partial charge >= 0.3 is 5.97 Å². The zero-order valence-corrected chi connectivity index (χ0v) is 14.0. The van der Waals surface area contributed by atoms with Gasteiger partial charge in [0.05, 0.1) is 17.4 Å². The molecule has 0 spiro atoms. The van der Waals surface area contributed by atoms with E-state index < -0.39 is 17.3 Å². The summed E-state index contributed by atoms with van der Waals surface area (Å²) < 4.78 is 16.0. The molecule has 132 valence electrons. The summed E-state index contributed by atoms with van der Waals surface area (Å²) in [6.07, 6.45) is 3.08. The molecule has 1 saturated carbocycles. The third-order valence-corrected chi connectivity index (χ3v) is 5.12. The Bertz CT molecular complexity index is 928. The van der Waals surface area contributed by atoms with Crippen molar-refractivity contribution in [1.29, 1.82) is 0 Å². The molecule has 0 radical (unpaired) electrons. The number of aromatic nitrogens is 1. The topological polar surface area (TPSA) is 74.0 Å². The number of piperazine rings is 1. The predicted octanol–water partition coefficient (Wildman–Crippen LogP) is 1.73. The first kappa shape index (κ1) is 16.1. The van der Waals surface area contributed by atoms with E-state index in [0.29, 0.717) is 29.9 Å². The van der Waals surface area contributed by atoms with Crippen LogP contribution in [0.3, 0.4) is 0 Å². The van der Waals surface area contributed by atoms with Crippen LogP contribution in [-0.4, -0.2) is 41.7 Å². The molecular weight excluding hydrogens is 325 g/mol. The van der Waals surface area contributed by atoms with E-state index in [4.69, 9.17) is 0 Å². The van der Waals surface area contributed by atoms with Crippen LogP contribution in [0.4, 0.5) is 10.1 Å². The number of aromatic carboxylic acids is 1. The number of pyridine rings is 2. The van der Waals surface area contributed by atoms with Crippen molar-refractivity contribution in [3.8, 4) is 0 Å². The van der Waals surface area contributed by atoms with Crippen molar-refractivity contribution in [3.05, 3.63) is 45.1 Å². The standard InChI is InChI=1S/C18H20FN3O3/c1-10-15-12(11-2-3-11)8-13(18(24)25)17(23)22(15)9-14(19)16(10)21-6-4-20-5-7-21/h8-9,11,20H,2-7H2,1H3,(H,24,25). The van der Waals surface area contributed by atoms with Gasteiger partial charge in [0.15, 0.2) is 5.82 Å². The van der Waals surface area contributed by atoms with Crippen molar-refractivity contribution in [2.24, 2.45) is 0 Å². The van der Waals surface area contributed by atoms with Crippen LogP contribution in [0.2, 0.25) is 0 Å². The van der Waals surface area contributed by atoms with Crippen molar-refractivity contribution < 1.29 is 14.3 Å². The molecule has 4 rings (SSSR count). The van der Waals surface area contributed by atoms with E-state index in [1.807, 2.05) is 11.8 Å². The van der Waals surface area contributed by atoms with E-state index in [0.717, 1.165) is 37.7 Å². The molecule has 2 aromatic rings. The van der Waals surface area contributed by atoms with Crippen LogP contribution in [0.15, 0.2) is 17.1 Å². The van der Waals surface area contributed by atoms with Crippen LogP contribution in [0.25, 0.3) is 5.52 Å². The maximum Gasteiger partial charge on any atom is 0.341 e. The quantitative estimate of drug-likeness (QED) is 0.886. The molecule has 2 fully saturated rings. The van der Waals surface area contributed by atoms with Gasteiger partial charge < -0.3 is 15.3 Å². The fourth-order valence-corrected chi connectivity index (χ4v) is 3.78. The summed E-state index contributed by atoms with van der Waals surface area (Å²) in [7, 11) is 0. The van der Waals surface area contributed by atoms with Crippen molar-refractivity contribution in [3.63, 3.8) is 0 Å². The number of rotatable bonds is 3. The van der Waals surface area contributed by atoms with Gasteiger partial charge in [-0.05, 0) is 42.9 Å². The van der Waals surface area contributed by atoms with Gasteiger partial charge in [-0.25, -0.2) is 9.18 Å². The second-order valence-electron chi connectivity index (χ2n) is 6.80. The number of nitrogens with zero attached hydrogens (tertiary/aromatic N) is 2. The number of halogens is 1. The van der Waals surface area contributed by atoms with Crippen LogP contribution < -0.4 is 15.8 Å². The first-order chi connectivity index (χ1) is 12.0. The number of nitrogens with one attached hydrogen (secondary N) is 1. The molecular formula is C18H20FN3O3. The lowest BCUT2D eigenvalue weighted by molar-refractivity contribution is 0.0694. The maximum absolute atomic E-state index is 14.9. The average Bonchev–Trinajstić information content (AvgIpc) is 3.41. The number of hydrogen-bond acceptors (Lipinski definition) is 4. The Hall–Kier alpha value is -2.41. The zero-order valence-electron chi connectivity index (χ0n) is 14.0. The fourth-order valence-electron chi connectivity index (χ4n) is 3.78. The maximum atomic E-state index is 14.9. The van der Waals surface area contributed by atoms with Crippen molar-refractivity contribution >= 4 is 17.2 Å².